The van der Waals surface area contributed by atoms with Gasteiger partial charge in [-0.3, -0.25) is 0 Å². The maximum atomic E-state index is 8.57. The lowest BCUT2D eigenvalue weighted by Gasteiger charge is -2.21. The van der Waals surface area contributed by atoms with Crippen molar-refractivity contribution in [3.05, 3.63) is 0 Å². The third-order valence-electron chi connectivity index (χ3n) is 1.20. The molecule has 6 heteroatoms. The van der Waals surface area contributed by atoms with Gasteiger partial charge in [-0.05, 0) is 6.92 Å². The third kappa shape index (κ3) is 4.31. The van der Waals surface area contributed by atoms with E-state index in [1.165, 1.54) is 0 Å². The summed E-state index contributed by atoms with van der Waals surface area (Å²) in [5, 5.41) is 17.1. The van der Waals surface area contributed by atoms with Crippen LogP contribution in [0, 0.1) is 0 Å². The molecule has 0 unspecified atom stereocenters. The number of hydrogen-bond donors (Lipinski definition) is 3. The van der Waals surface area contributed by atoms with E-state index in [2.05, 4.69) is 0 Å². The normalized spacial score (nSPS) is 12.5. The number of hydrogen-bond acceptors (Lipinski definition) is 4. The molecule has 0 rings (SSSR count). The van der Waals surface area contributed by atoms with Crippen molar-refractivity contribution in [2.24, 2.45) is 5.73 Å². The van der Waals surface area contributed by atoms with Gasteiger partial charge in [0.05, 0.1) is 17.5 Å². The highest BCUT2D eigenvalue weighted by Gasteiger charge is 2.15. The molecular weight excluding hydrogens is 163 g/mol. The van der Waals surface area contributed by atoms with Crippen LogP contribution >= 0.6 is 12.2 Å². The van der Waals surface area contributed by atoms with Crippen LogP contribution in [0.5, 0.6) is 0 Å². The van der Waals surface area contributed by atoms with E-state index in [0.717, 1.165) is 0 Å². The first-order valence-electron chi connectivity index (χ1n) is 3.32. The summed E-state index contributed by atoms with van der Waals surface area (Å²) < 4.78 is 0. The number of thiocarbonyl (C=S) groups is 1. The Morgan fingerprint density at radius 1 is 1.73 bits per heavy atom. The van der Waals surface area contributed by atoms with E-state index < -0.39 is 7.12 Å². The van der Waals surface area contributed by atoms with Gasteiger partial charge in [0.1, 0.15) is 0 Å². The Morgan fingerprint density at radius 3 is 2.45 bits per heavy atom. The van der Waals surface area contributed by atoms with Crippen molar-refractivity contribution in [2.75, 3.05) is 13.5 Å². The molecule has 0 spiro atoms. The Kier molecular flexibility index (Phi) is 4.59. The average Bonchev–Trinajstić information content (AvgIpc) is 1.84. The lowest BCUT2D eigenvalue weighted by atomic mass is 9.91. The van der Waals surface area contributed by atoms with Crippen molar-refractivity contribution in [1.82, 2.24) is 4.90 Å². The highest BCUT2D eigenvalue weighted by Crippen LogP contribution is 1.92. The van der Waals surface area contributed by atoms with Crippen LogP contribution in [-0.4, -0.2) is 46.6 Å². The monoisotopic (exact) mass is 176 g/mol. The third-order valence-corrected chi connectivity index (χ3v) is 1.89. The van der Waals surface area contributed by atoms with Gasteiger partial charge in [0.25, 0.3) is 0 Å². The van der Waals surface area contributed by atoms with Gasteiger partial charge < -0.3 is 20.7 Å². The number of nitrogens with zero attached hydrogens (tertiary/aromatic N) is 1. The molecule has 4 N–H and O–H groups in total. The lowest BCUT2D eigenvalue weighted by Crippen LogP contribution is -2.43. The molecule has 0 aromatic rings. The van der Waals surface area contributed by atoms with Crippen LogP contribution in [0.15, 0.2) is 0 Å². The summed E-state index contributed by atoms with van der Waals surface area (Å²) in [5.41, 5.74) is 5.47. The minimum atomic E-state index is -1.36. The van der Waals surface area contributed by atoms with Gasteiger partial charge in [0, 0.05) is 7.05 Å². The van der Waals surface area contributed by atoms with Crippen molar-refractivity contribution < 1.29 is 10.0 Å². The lowest BCUT2D eigenvalue weighted by molar-refractivity contribution is 0.377. The molecule has 0 fully saturated rings. The van der Waals surface area contributed by atoms with E-state index in [-0.39, 0.29) is 12.5 Å². The van der Waals surface area contributed by atoms with Crippen molar-refractivity contribution >= 4 is 24.3 Å². The second-order valence-corrected chi connectivity index (χ2v) is 2.91. The van der Waals surface area contributed by atoms with Crippen LogP contribution in [0.1, 0.15) is 6.92 Å². The standard InChI is InChI=1S/C5H13BN2O2S/c1-4(7)5(11)8(2)3-6(9)10/h4,9-10H,3,7H2,1-2H3/t4-/m0/s1. The topological polar surface area (TPSA) is 69.7 Å². The van der Waals surface area contributed by atoms with E-state index in [1.54, 1.807) is 18.9 Å². The average molecular weight is 176 g/mol. The molecule has 0 aromatic carbocycles. The zero-order chi connectivity index (χ0) is 9.02. The molecule has 0 saturated carbocycles. The molecule has 1 atom stereocenters. The fourth-order valence-corrected chi connectivity index (χ4v) is 0.757. The summed E-state index contributed by atoms with van der Waals surface area (Å²) >= 11 is 4.90. The van der Waals surface area contributed by atoms with Crippen molar-refractivity contribution in [3.63, 3.8) is 0 Å². The first-order valence-corrected chi connectivity index (χ1v) is 3.72. The van der Waals surface area contributed by atoms with Crippen LogP contribution in [0.2, 0.25) is 0 Å². The van der Waals surface area contributed by atoms with E-state index in [9.17, 15) is 0 Å². The van der Waals surface area contributed by atoms with Crippen LogP contribution in [0.25, 0.3) is 0 Å². The van der Waals surface area contributed by atoms with Crippen LogP contribution < -0.4 is 5.73 Å². The Hall–Kier alpha value is -0.165. The molecule has 11 heavy (non-hydrogen) atoms. The van der Waals surface area contributed by atoms with Crippen LogP contribution in [0.3, 0.4) is 0 Å². The largest absolute Gasteiger partial charge is 0.472 e. The summed E-state index contributed by atoms with van der Waals surface area (Å²) in [4.78, 5) is 2.07. The van der Waals surface area contributed by atoms with Gasteiger partial charge >= 0.3 is 7.12 Å². The number of likely N-dealkylation sites (N-methyl/N-ethyl adjacent to an activating group) is 1. The molecule has 0 aliphatic rings. The first-order chi connectivity index (χ1) is 4.95. The SMILES string of the molecule is C[C@H](N)C(=S)N(C)CB(O)O. The Bertz CT molecular complexity index is 142. The fraction of sp³-hybridized carbons (Fsp3) is 0.800. The maximum absolute atomic E-state index is 8.57. The molecule has 0 aliphatic carbocycles. The van der Waals surface area contributed by atoms with Crippen LogP contribution in [-0.2, 0) is 0 Å². The van der Waals surface area contributed by atoms with Gasteiger partial charge in [-0.2, -0.15) is 0 Å². The maximum Gasteiger partial charge on any atom is 0.472 e. The van der Waals surface area contributed by atoms with Gasteiger partial charge in [-0.15, -0.1) is 0 Å². The predicted molar refractivity (Wildman–Crippen MR) is 49.1 cm³/mol. The Labute approximate surface area is 72.1 Å². The highest BCUT2D eigenvalue weighted by molar-refractivity contribution is 7.80. The Balaban J connectivity index is 3.83. The van der Waals surface area contributed by atoms with Gasteiger partial charge in [0.2, 0.25) is 0 Å². The molecule has 0 heterocycles. The van der Waals surface area contributed by atoms with Crippen molar-refractivity contribution in [3.8, 4) is 0 Å². The summed E-state index contributed by atoms with van der Waals surface area (Å²) in [6, 6.07) is -0.228. The van der Waals surface area contributed by atoms with E-state index >= 15 is 0 Å². The molecular formula is C5H13BN2O2S. The molecule has 0 radical (unpaired) electrons. The van der Waals surface area contributed by atoms with E-state index in [1.807, 2.05) is 0 Å². The van der Waals surface area contributed by atoms with Gasteiger partial charge in [-0.1, -0.05) is 12.2 Å². The summed E-state index contributed by atoms with van der Waals surface area (Å²) in [6.45, 7) is 1.75. The molecule has 0 bridgehead atoms. The zero-order valence-corrected chi connectivity index (χ0v) is 7.51. The molecule has 0 aliphatic heterocycles. The minimum absolute atomic E-state index is 0.0976. The van der Waals surface area contributed by atoms with Crippen LogP contribution in [0.4, 0.5) is 0 Å². The highest BCUT2D eigenvalue weighted by atomic mass is 32.1. The number of nitrogens with two attached hydrogens (primary N) is 1. The van der Waals surface area contributed by atoms with E-state index in [0.29, 0.717) is 4.99 Å². The minimum Gasteiger partial charge on any atom is -0.426 e. The van der Waals surface area contributed by atoms with E-state index in [4.69, 9.17) is 28.0 Å². The predicted octanol–water partition coefficient (Wildman–Crippen LogP) is -1.40. The molecule has 0 aromatic heterocycles. The molecule has 4 nitrogen and oxygen atoms in total. The zero-order valence-electron chi connectivity index (χ0n) is 6.69. The first kappa shape index (κ1) is 10.8. The molecule has 64 valence electrons. The summed E-state index contributed by atoms with van der Waals surface area (Å²) in [6.07, 6.45) is 0.0976. The fourth-order valence-electron chi connectivity index (χ4n) is 0.683. The molecule has 0 amide bonds. The summed E-state index contributed by atoms with van der Waals surface area (Å²) in [7, 11) is 0.308. The second-order valence-electron chi connectivity index (χ2n) is 2.49. The molecule has 0 saturated heterocycles. The van der Waals surface area contributed by atoms with Crippen molar-refractivity contribution in [2.45, 2.75) is 13.0 Å². The number of rotatable bonds is 3. The smallest absolute Gasteiger partial charge is 0.426 e. The van der Waals surface area contributed by atoms with Gasteiger partial charge in [0.15, 0.2) is 0 Å². The Morgan fingerprint density at radius 2 is 2.18 bits per heavy atom. The second kappa shape index (κ2) is 4.66. The summed E-state index contributed by atoms with van der Waals surface area (Å²) in [5.74, 6) is 0. The quantitative estimate of drug-likeness (QED) is 0.364. The van der Waals surface area contributed by atoms with Gasteiger partial charge in [-0.25, -0.2) is 0 Å². The van der Waals surface area contributed by atoms with Crippen molar-refractivity contribution in [1.29, 1.82) is 0 Å².